The van der Waals surface area contributed by atoms with Gasteiger partial charge in [0.1, 0.15) is 6.04 Å². The second-order valence-corrected chi connectivity index (χ2v) is 4.38. The van der Waals surface area contributed by atoms with E-state index in [0.29, 0.717) is 5.92 Å². The van der Waals surface area contributed by atoms with Gasteiger partial charge in [0.25, 0.3) is 0 Å². The van der Waals surface area contributed by atoms with Crippen molar-refractivity contribution in [2.24, 2.45) is 5.92 Å². The molecule has 0 radical (unpaired) electrons. The SMILES string of the molecule is CC1CC(NC(=O)N[C@@H](CC(=O)O)C(=O)O)C1. The van der Waals surface area contributed by atoms with Crippen molar-refractivity contribution >= 4 is 18.0 Å². The zero-order valence-electron chi connectivity index (χ0n) is 9.47. The van der Waals surface area contributed by atoms with Crippen LogP contribution in [0.4, 0.5) is 4.79 Å². The molecular formula is C10H16N2O5. The summed E-state index contributed by atoms with van der Waals surface area (Å²) in [6.07, 6.45) is 1.10. The zero-order chi connectivity index (χ0) is 13.0. The first kappa shape index (κ1) is 13.3. The van der Waals surface area contributed by atoms with Crippen LogP contribution >= 0.6 is 0 Å². The number of rotatable bonds is 5. The van der Waals surface area contributed by atoms with Gasteiger partial charge in [0.05, 0.1) is 6.42 Å². The molecule has 0 unspecified atom stereocenters. The molecule has 1 fully saturated rings. The zero-order valence-corrected chi connectivity index (χ0v) is 9.47. The molecule has 7 nitrogen and oxygen atoms in total. The van der Waals surface area contributed by atoms with Gasteiger partial charge in [0, 0.05) is 6.04 Å². The van der Waals surface area contributed by atoms with Crippen LogP contribution in [-0.2, 0) is 9.59 Å². The molecule has 2 amide bonds. The van der Waals surface area contributed by atoms with Gasteiger partial charge in [-0.05, 0) is 18.8 Å². The number of carbonyl (C=O) groups is 3. The molecule has 1 aliphatic carbocycles. The summed E-state index contributed by atoms with van der Waals surface area (Å²) in [4.78, 5) is 32.4. The highest BCUT2D eigenvalue weighted by Crippen LogP contribution is 2.25. The van der Waals surface area contributed by atoms with Crippen molar-refractivity contribution in [3.05, 3.63) is 0 Å². The van der Waals surface area contributed by atoms with Crippen LogP contribution < -0.4 is 10.6 Å². The van der Waals surface area contributed by atoms with Gasteiger partial charge in [-0.1, -0.05) is 6.92 Å². The van der Waals surface area contributed by atoms with Gasteiger partial charge in [-0.15, -0.1) is 0 Å². The second-order valence-electron chi connectivity index (χ2n) is 4.38. The van der Waals surface area contributed by atoms with Crippen molar-refractivity contribution < 1.29 is 24.6 Å². The number of hydrogen-bond donors (Lipinski definition) is 4. The van der Waals surface area contributed by atoms with Crippen LogP contribution in [0.15, 0.2) is 0 Å². The van der Waals surface area contributed by atoms with Gasteiger partial charge in [-0.2, -0.15) is 0 Å². The van der Waals surface area contributed by atoms with Crippen molar-refractivity contribution in [2.75, 3.05) is 0 Å². The van der Waals surface area contributed by atoms with Crippen molar-refractivity contribution in [1.29, 1.82) is 0 Å². The summed E-state index contributed by atoms with van der Waals surface area (Å²) < 4.78 is 0. The van der Waals surface area contributed by atoms with E-state index in [0.717, 1.165) is 12.8 Å². The topological polar surface area (TPSA) is 116 Å². The predicted octanol–water partition coefficient (Wildman–Crippen LogP) is 0.0120. The van der Waals surface area contributed by atoms with Crippen LogP contribution in [0.2, 0.25) is 0 Å². The highest BCUT2D eigenvalue weighted by Gasteiger charge is 2.28. The molecule has 0 saturated heterocycles. The van der Waals surface area contributed by atoms with Crippen molar-refractivity contribution in [1.82, 2.24) is 10.6 Å². The minimum absolute atomic E-state index is 0.0595. The van der Waals surface area contributed by atoms with E-state index in [9.17, 15) is 14.4 Å². The molecule has 0 aliphatic heterocycles. The lowest BCUT2D eigenvalue weighted by molar-refractivity contribution is -0.145. The highest BCUT2D eigenvalue weighted by molar-refractivity contribution is 5.86. The lowest BCUT2D eigenvalue weighted by Crippen LogP contribution is -2.52. The summed E-state index contributed by atoms with van der Waals surface area (Å²) in [6, 6.07) is -1.97. The molecule has 1 atom stereocenters. The maximum absolute atomic E-state index is 11.4. The molecule has 0 aromatic rings. The summed E-state index contributed by atoms with van der Waals surface area (Å²) >= 11 is 0. The number of amides is 2. The van der Waals surface area contributed by atoms with Gasteiger partial charge < -0.3 is 20.8 Å². The first-order chi connectivity index (χ1) is 7.88. The third-order valence-corrected chi connectivity index (χ3v) is 2.69. The van der Waals surface area contributed by atoms with Gasteiger partial charge in [-0.25, -0.2) is 9.59 Å². The molecule has 17 heavy (non-hydrogen) atoms. The summed E-state index contributed by atoms with van der Waals surface area (Å²) in [5.41, 5.74) is 0. The first-order valence-corrected chi connectivity index (χ1v) is 5.40. The molecule has 1 rings (SSSR count). The summed E-state index contributed by atoms with van der Waals surface area (Å²) in [7, 11) is 0. The molecular weight excluding hydrogens is 228 g/mol. The van der Waals surface area contributed by atoms with Crippen molar-refractivity contribution in [3.8, 4) is 0 Å². The summed E-state index contributed by atoms with van der Waals surface area (Å²) in [6.45, 7) is 2.06. The monoisotopic (exact) mass is 244 g/mol. The number of aliphatic carboxylic acids is 2. The van der Waals surface area contributed by atoms with Crippen LogP contribution in [-0.4, -0.2) is 40.3 Å². The van der Waals surface area contributed by atoms with Gasteiger partial charge in [0.2, 0.25) is 0 Å². The fraction of sp³-hybridized carbons (Fsp3) is 0.700. The number of urea groups is 1. The molecule has 0 aromatic carbocycles. The van der Waals surface area contributed by atoms with E-state index in [2.05, 4.69) is 17.6 Å². The van der Waals surface area contributed by atoms with Crippen molar-refractivity contribution in [2.45, 2.75) is 38.3 Å². The fourth-order valence-corrected chi connectivity index (χ4v) is 1.78. The minimum atomic E-state index is -1.40. The number of carboxylic acids is 2. The maximum atomic E-state index is 11.4. The Balaban J connectivity index is 2.36. The van der Waals surface area contributed by atoms with E-state index < -0.39 is 30.4 Å². The Morgan fingerprint density at radius 2 is 1.88 bits per heavy atom. The third kappa shape index (κ3) is 4.29. The Morgan fingerprint density at radius 3 is 2.29 bits per heavy atom. The Kier molecular flexibility index (Phi) is 4.30. The van der Waals surface area contributed by atoms with Crippen LogP contribution in [0.3, 0.4) is 0 Å². The van der Waals surface area contributed by atoms with Gasteiger partial charge >= 0.3 is 18.0 Å². The van der Waals surface area contributed by atoms with Crippen LogP contribution in [0.1, 0.15) is 26.2 Å². The first-order valence-electron chi connectivity index (χ1n) is 5.40. The Morgan fingerprint density at radius 1 is 1.29 bits per heavy atom. The van der Waals surface area contributed by atoms with Crippen LogP contribution in [0.5, 0.6) is 0 Å². The van der Waals surface area contributed by atoms with Gasteiger partial charge in [0.15, 0.2) is 0 Å². The molecule has 1 aliphatic rings. The quantitative estimate of drug-likeness (QED) is 0.543. The average Bonchev–Trinajstić information content (AvgIpc) is 2.13. The van der Waals surface area contributed by atoms with E-state index >= 15 is 0 Å². The summed E-state index contributed by atoms with van der Waals surface area (Å²) in [5.74, 6) is -2.06. The molecule has 7 heteroatoms. The Labute approximate surface area is 98.2 Å². The normalized spacial score (nSPS) is 24.3. The van der Waals surface area contributed by atoms with Crippen molar-refractivity contribution in [3.63, 3.8) is 0 Å². The molecule has 4 N–H and O–H groups in total. The molecule has 0 bridgehead atoms. The molecule has 0 heterocycles. The predicted molar refractivity (Wildman–Crippen MR) is 57.5 cm³/mol. The minimum Gasteiger partial charge on any atom is -0.481 e. The third-order valence-electron chi connectivity index (χ3n) is 2.69. The lowest BCUT2D eigenvalue weighted by Gasteiger charge is -2.33. The van der Waals surface area contributed by atoms with E-state index in [-0.39, 0.29) is 6.04 Å². The molecule has 0 aromatic heterocycles. The van der Waals surface area contributed by atoms with E-state index in [1.807, 2.05) is 0 Å². The molecule has 0 spiro atoms. The smallest absolute Gasteiger partial charge is 0.326 e. The fourth-order valence-electron chi connectivity index (χ4n) is 1.78. The van der Waals surface area contributed by atoms with E-state index in [1.165, 1.54) is 0 Å². The number of hydrogen-bond acceptors (Lipinski definition) is 3. The molecule has 96 valence electrons. The maximum Gasteiger partial charge on any atom is 0.326 e. The number of carbonyl (C=O) groups excluding carboxylic acids is 1. The average molecular weight is 244 g/mol. The number of nitrogens with one attached hydrogen (secondary N) is 2. The van der Waals surface area contributed by atoms with Crippen LogP contribution in [0.25, 0.3) is 0 Å². The number of carboxylic acid groups (broad SMARTS) is 2. The largest absolute Gasteiger partial charge is 0.481 e. The second kappa shape index (κ2) is 5.51. The van der Waals surface area contributed by atoms with Gasteiger partial charge in [-0.3, -0.25) is 4.79 Å². The lowest BCUT2D eigenvalue weighted by atomic mass is 9.82. The van der Waals surface area contributed by atoms with E-state index in [1.54, 1.807) is 0 Å². The molecule has 1 saturated carbocycles. The Hall–Kier alpha value is -1.79. The Bertz CT molecular complexity index is 325. The van der Waals surface area contributed by atoms with Crippen LogP contribution in [0, 0.1) is 5.92 Å². The summed E-state index contributed by atoms with van der Waals surface area (Å²) in [5, 5.41) is 21.9. The van der Waals surface area contributed by atoms with E-state index in [4.69, 9.17) is 10.2 Å². The standard InChI is InChI=1S/C10H16N2O5/c1-5-2-6(3-5)11-10(17)12-7(9(15)16)4-8(13)14/h5-7H,2-4H2,1H3,(H,13,14)(H,15,16)(H2,11,12,17)/t5?,6?,7-/m0/s1. The highest BCUT2D eigenvalue weighted by atomic mass is 16.4.